The Morgan fingerprint density at radius 3 is 2.70 bits per heavy atom. The maximum atomic E-state index is 11.0. The number of halogens is 2. The molecule has 0 saturated heterocycles. The summed E-state index contributed by atoms with van der Waals surface area (Å²) >= 11 is 11.8. The lowest BCUT2D eigenvalue weighted by molar-refractivity contribution is 0.0697. The molecule has 2 aromatic rings. The number of carbonyl (C=O) groups is 1. The monoisotopic (exact) mass is 310 g/mol. The minimum atomic E-state index is -1.05. The largest absolute Gasteiger partial charge is 0.478 e. The zero-order chi connectivity index (χ0) is 14.7. The van der Waals surface area contributed by atoms with Crippen LogP contribution in [0.15, 0.2) is 36.4 Å². The Labute approximate surface area is 126 Å². The second kappa shape index (κ2) is 6.11. The summed E-state index contributed by atoms with van der Waals surface area (Å²) in [4.78, 5) is 15.0. The van der Waals surface area contributed by atoms with Gasteiger partial charge in [-0.1, -0.05) is 35.3 Å². The lowest BCUT2D eigenvalue weighted by Gasteiger charge is -2.15. The van der Waals surface area contributed by atoms with Gasteiger partial charge in [0.1, 0.15) is 11.0 Å². The maximum Gasteiger partial charge on any atom is 0.335 e. The van der Waals surface area contributed by atoms with Gasteiger partial charge >= 0.3 is 5.97 Å². The average molecular weight is 311 g/mol. The molecule has 0 radical (unpaired) electrons. The molecule has 0 amide bonds. The average Bonchev–Trinajstić information content (AvgIpc) is 2.37. The summed E-state index contributed by atoms with van der Waals surface area (Å²) in [5.41, 5.74) is 1.06. The summed E-state index contributed by atoms with van der Waals surface area (Å²) in [6, 6.07) is 10.1. The van der Waals surface area contributed by atoms with E-state index in [4.69, 9.17) is 28.3 Å². The first-order valence-electron chi connectivity index (χ1n) is 5.88. The van der Waals surface area contributed by atoms with E-state index in [0.29, 0.717) is 10.8 Å². The number of benzene rings is 1. The van der Waals surface area contributed by atoms with Crippen LogP contribution in [0.5, 0.6) is 0 Å². The fourth-order valence-corrected chi connectivity index (χ4v) is 2.18. The third kappa shape index (κ3) is 3.62. The minimum Gasteiger partial charge on any atom is -0.478 e. The molecule has 0 fully saturated rings. The third-order valence-electron chi connectivity index (χ3n) is 2.75. The molecule has 1 unspecified atom stereocenters. The van der Waals surface area contributed by atoms with Gasteiger partial charge in [-0.3, -0.25) is 0 Å². The molecule has 20 heavy (non-hydrogen) atoms. The molecule has 0 aliphatic carbocycles. The van der Waals surface area contributed by atoms with Crippen LogP contribution in [0, 0.1) is 0 Å². The number of hydrogen-bond acceptors (Lipinski definition) is 3. The molecule has 1 aromatic carbocycles. The molecule has 0 saturated carbocycles. The van der Waals surface area contributed by atoms with Gasteiger partial charge in [-0.05, 0) is 36.8 Å². The fourth-order valence-electron chi connectivity index (χ4n) is 1.78. The molecule has 6 heteroatoms. The number of hydrogen-bond donors (Lipinski definition) is 2. The summed E-state index contributed by atoms with van der Waals surface area (Å²) < 4.78 is 0. The predicted molar refractivity (Wildman–Crippen MR) is 79.7 cm³/mol. The molecule has 1 aromatic heterocycles. The first-order chi connectivity index (χ1) is 9.45. The molecule has 0 bridgehead atoms. The van der Waals surface area contributed by atoms with Gasteiger partial charge in [0.25, 0.3) is 0 Å². The fraction of sp³-hybridized carbons (Fsp3) is 0.143. The molecule has 0 spiro atoms. The Kier molecular flexibility index (Phi) is 4.47. The van der Waals surface area contributed by atoms with Crippen molar-refractivity contribution in [2.75, 3.05) is 5.32 Å². The highest BCUT2D eigenvalue weighted by atomic mass is 35.5. The van der Waals surface area contributed by atoms with E-state index >= 15 is 0 Å². The van der Waals surface area contributed by atoms with Crippen LogP contribution < -0.4 is 5.32 Å². The van der Waals surface area contributed by atoms with E-state index in [1.165, 1.54) is 12.1 Å². The number of rotatable bonds is 4. The van der Waals surface area contributed by atoms with Crippen LogP contribution in [-0.2, 0) is 0 Å². The number of nitrogens with one attached hydrogen (secondary N) is 1. The number of nitrogens with zero attached hydrogens (tertiary/aromatic N) is 1. The Hall–Kier alpha value is -1.78. The zero-order valence-corrected chi connectivity index (χ0v) is 12.1. The van der Waals surface area contributed by atoms with Crippen molar-refractivity contribution >= 4 is 35.0 Å². The summed E-state index contributed by atoms with van der Waals surface area (Å²) in [5.74, 6) is -0.643. The lowest BCUT2D eigenvalue weighted by atomic mass is 10.1. The van der Waals surface area contributed by atoms with Crippen molar-refractivity contribution in [3.05, 3.63) is 57.7 Å². The minimum absolute atomic E-state index is 0.0821. The van der Waals surface area contributed by atoms with E-state index in [2.05, 4.69) is 10.3 Å². The summed E-state index contributed by atoms with van der Waals surface area (Å²) in [7, 11) is 0. The van der Waals surface area contributed by atoms with Gasteiger partial charge in [-0.15, -0.1) is 0 Å². The van der Waals surface area contributed by atoms with Crippen molar-refractivity contribution in [2.24, 2.45) is 0 Å². The molecule has 0 aliphatic heterocycles. The number of carboxylic acid groups (broad SMARTS) is 1. The van der Waals surface area contributed by atoms with Gasteiger partial charge in [-0.2, -0.15) is 0 Å². The topological polar surface area (TPSA) is 62.2 Å². The van der Waals surface area contributed by atoms with Gasteiger partial charge in [0, 0.05) is 11.1 Å². The summed E-state index contributed by atoms with van der Waals surface area (Å²) in [6.45, 7) is 1.93. The first-order valence-corrected chi connectivity index (χ1v) is 6.64. The number of carboxylic acids is 1. The predicted octanol–water partition coefficient (Wildman–Crippen LogP) is 4.26. The number of pyridine rings is 1. The van der Waals surface area contributed by atoms with Gasteiger partial charge in [0.2, 0.25) is 0 Å². The number of aromatic nitrogens is 1. The normalized spacial score (nSPS) is 11.9. The second-order valence-electron chi connectivity index (χ2n) is 4.29. The molecule has 2 N–H and O–H groups in total. The van der Waals surface area contributed by atoms with E-state index in [-0.39, 0.29) is 16.8 Å². The summed E-state index contributed by atoms with van der Waals surface area (Å²) in [6.07, 6.45) is 0. The highest BCUT2D eigenvalue weighted by molar-refractivity contribution is 6.30. The molecule has 1 heterocycles. The highest BCUT2D eigenvalue weighted by Gasteiger charge is 2.11. The SMILES string of the molecule is CC(Nc1cc(C(=O)O)cc(Cl)n1)c1cccc(Cl)c1. The van der Waals surface area contributed by atoms with Crippen molar-refractivity contribution in [1.82, 2.24) is 4.98 Å². The van der Waals surface area contributed by atoms with E-state index in [1.54, 1.807) is 6.07 Å². The van der Waals surface area contributed by atoms with Crippen LogP contribution in [0.3, 0.4) is 0 Å². The number of aromatic carboxylic acids is 1. The van der Waals surface area contributed by atoms with Gasteiger partial charge in [0.05, 0.1) is 5.56 Å². The Morgan fingerprint density at radius 1 is 1.30 bits per heavy atom. The first kappa shape index (κ1) is 14.6. The number of anilines is 1. The van der Waals surface area contributed by atoms with Crippen molar-refractivity contribution < 1.29 is 9.90 Å². The van der Waals surface area contributed by atoms with Crippen molar-refractivity contribution in [1.29, 1.82) is 0 Å². The Balaban J connectivity index is 2.23. The van der Waals surface area contributed by atoms with Crippen LogP contribution in [0.25, 0.3) is 0 Å². The van der Waals surface area contributed by atoms with E-state index < -0.39 is 5.97 Å². The van der Waals surface area contributed by atoms with Crippen molar-refractivity contribution in [2.45, 2.75) is 13.0 Å². The maximum absolute atomic E-state index is 11.0. The van der Waals surface area contributed by atoms with Crippen molar-refractivity contribution in [3.8, 4) is 0 Å². The molecular formula is C14H12Cl2N2O2. The van der Waals surface area contributed by atoms with E-state index in [0.717, 1.165) is 5.56 Å². The van der Waals surface area contributed by atoms with Gasteiger partial charge in [0.15, 0.2) is 0 Å². The van der Waals surface area contributed by atoms with Crippen LogP contribution in [0.2, 0.25) is 10.2 Å². The molecule has 104 valence electrons. The van der Waals surface area contributed by atoms with Gasteiger partial charge < -0.3 is 10.4 Å². The van der Waals surface area contributed by atoms with Crippen LogP contribution >= 0.6 is 23.2 Å². The summed E-state index contributed by atoms with van der Waals surface area (Å²) in [5, 5.41) is 12.9. The standard InChI is InChI=1S/C14H12Cl2N2O2/c1-8(9-3-2-4-11(15)5-9)17-13-7-10(14(19)20)6-12(16)18-13/h2-8H,1H3,(H,17,18)(H,19,20). The van der Waals surface area contributed by atoms with E-state index in [9.17, 15) is 4.79 Å². The second-order valence-corrected chi connectivity index (χ2v) is 5.11. The zero-order valence-electron chi connectivity index (χ0n) is 10.6. The van der Waals surface area contributed by atoms with Crippen LogP contribution in [0.1, 0.15) is 28.9 Å². The molecule has 2 rings (SSSR count). The molecular weight excluding hydrogens is 299 g/mol. The van der Waals surface area contributed by atoms with Crippen LogP contribution in [-0.4, -0.2) is 16.1 Å². The Morgan fingerprint density at radius 2 is 2.05 bits per heavy atom. The quantitative estimate of drug-likeness (QED) is 0.828. The van der Waals surface area contributed by atoms with Crippen molar-refractivity contribution in [3.63, 3.8) is 0 Å². The van der Waals surface area contributed by atoms with Crippen LogP contribution in [0.4, 0.5) is 5.82 Å². The smallest absolute Gasteiger partial charge is 0.335 e. The molecule has 4 nitrogen and oxygen atoms in total. The molecule has 1 atom stereocenters. The van der Waals surface area contributed by atoms with Gasteiger partial charge in [-0.25, -0.2) is 9.78 Å². The Bertz CT molecular complexity index is 647. The third-order valence-corrected chi connectivity index (χ3v) is 3.18. The van der Waals surface area contributed by atoms with E-state index in [1.807, 2.05) is 25.1 Å². The molecule has 0 aliphatic rings. The lowest BCUT2D eigenvalue weighted by Crippen LogP contribution is -2.09. The highest BCUT2D eigenvalue weighted by Crippen LogP contribution is 2.22.